The highest BCUT2D eigenvalue weighted by atomic mass is 16.6. The molecule has 3 heteroatoms. The van der Waals surface area contributed by atoms with Gasteiger partial charge < -0.3 is 4.74 Å². The third-order valence-electron chi connectivity index (χ3n) is 2.38. The van der Waals surface area contributed by atoms with Crippen molar-refractivity contribution in [1.82, 2.24) is 0 Å². The number of ether oxygens (including phenoxy) is 1. The molecule has 0 N–H and O–H groups in total. The quantitative estimate of drug-likeness (QED) is 0.735. The van der Waals surface area contributed by atoms with Gasteiger partial charge in [0.25, 0.3) is 0 Å². The topological polar surface area (TPSA) is 50.1 Å². The molecule has 0 saturated carbocycles. The lowest BCUT2D eigenvalue weighted by Crippen LogP contribution is -2.37. The van der Waals surface area contributed by atoms with Crippen molar-refractivity contribution < 1.29 is 9.53 Å². The van der Waals surface area contributed by atoms with Gasteiger partial charge in [0, 0.05) is 0 Å². The lowest BCUT2D eigenvalue weighted by molar-refractivity contribution is -0.159. The molecule has 0 fully saturated rings. The van der Waals surface area contributed by atoms with Crippen LogP contribution in [0.5, 0.6) is 0 Å². The minimum absolute atomic E-state index is 0.515. The molecule has 3 nitrogen and oxygen atoms in total. The van der Waals surface area contributed by atoms with Crippen molar-refractivity contribution in [3.63, 3.8) is 0 Å². The Labute approximate surface area is 102 Å². The first-order chi connectivity index (χ1) is 7.79. The molecule has 0 bridgehead atoms. The summed E-state index contributed by atoms with van der Waals surface area (Å²) in [5, 5.41) is 9.26. The summed E-state index contributed by atoms with van der Waals surface area (Å²) in [4.78, 5) is 12.1. The molecule has 0 spiro atoms. The molecular formula is C14H17NO2. The molecule has 90 valence electrons. The monoisotopic (exact) mass is 231 g/mol. The van der Waals surface area contributed by atoms with Gasteiger partial charge in [-0.25, -0.2) is 4.79 Å². The van der Waals surface area contributed by atoms with E-state index in [0.717, 1.165) is 0 Å². The van der Waals surface area contributed by atoms with E-state index in [4.69, 9.17) is 4.74 Å². The van der Waals surface area contributed by atoms with Crippen LogP contribution in [0.25, 0.3) is 0 Å². The minimum atomic E-state index is -1.26. The molecule has 1 rings (SSSR count). The van der Waals surface area contributed by atoms with E-state index in [1.54, 1.807) is 52.0 Å². The predicted octanol–water partition coefficient (Wildman–Crippen LogP) is 2.81. The largest absolute Gasteiger partial charge is 0.459 e. The van der Waals surface area contributed by atoms with E-state index in [2.05, 4.69) is 0 Å². The molecule has 1 atom stereocenters. The third kappa shape index (κ3) is 3.07. The fourth-order valence-electron chi connectivity index (χ4n) is 1.38. The van der Waals surface area contributed by atoms with Crippen LogP contribution in [0, 0.1) is 11.3 Å². The second-order valence-electron chi connectivity index (χ2n) is 5.10. The van der Waals surface area contributed by atoms with Crippen LogP contribution < -0.4 is 0 Å². The summed E-state index contributed by atoms with van der Waals surface area (Å²) in [6, 6.07) is 11.0. The number of hydrogen-bond acceptors (Lipinski definition) is 3. The third-order valence-corrected chi connectivity index (χ3v) is 2.38. The fourth-order valence-corrected chi connectivity index (χ4v) is 1.38. The van der Waals surface area contributed by atoms with E-state index >= 15 is 0 Å². The van der Waals surface area contributed by atoms with Gasteiger partial charge in [-0.15, -0.1) is 0 Å². The lowest BCUT2D eigenvalue weighted by Gasteiger charge is -2.26. The van der Waals surface area contributed by atoms with E-state index in [1.807, 2.05) is 12.1 Å². The van der Waals surface area contributed by atoms with Crippen molar-refractivity contribution in [1.29, 1.82) is 5.26 Å². The Bertz CT molecular complexity index is 440. The van der Waals surface area contributed by atoms with Crippen LogP contribution in [0.4, 0.5) is 0 Å². The van der Waals surface area contributed by atoms with Crippen LogP contribution >= 0.6 is 0 Å². The van der Waals surface area contributed by atoms with E-state index in [0.29, 0.717) is 5.56 Å². The van der Waals surface area contributed by atoms with E-state index in [1.165, 1.54) is 0 Å². The first-order valence-corrected chi connectivity index (χ1v) is 5.50. The van der Waals surface area contributed by atoms with Crippen LogP contribution in [0.1, 0.15) is 33.3 Å². The molecule has 1 unspecified atom stereocenters. The summed E-state index contributed by atoms with van der Waals surface area (Å²) < 4.78 is 5.29. The number of rotatable bonds is 2. The van der Waals surface area contributed by atoms with Gasteiger partial charge in [0.2, 0.25) is 0 Å². The van der Waals surface area contributed by atoms with Crippen molar-refractivity contribution in [2.24, 2.45) is 0 Å². The van der Waals surface area contributed by atoms with Gasteiger partial charge >= 0.3 is 5.97 Å². The number of carbonyl (C=O) groups is 1. The number of nitriles is 1. The molecule has 0 aliphatic heterocycles. The molecular weight excluding hydrogens is 214 g/mol. The number of benzene rings is 1. The summed E-state index contributed by atoms with van der Waals surface area (Å²) in [5.41, 5.74) is -1.20. The SMILES string of the molecule is CC(C)(C)OC(=O)C(C)(C#N)c1ccccc1. The number of hydrogen-bond donors (Lipinski definition) is 0. The Kier molecular flexibility index (Phi) is 3.57. The molecule has 0 aromatic heterocycles. The second kappa shape index (κ2) is 4.58. The highest BCUT2D eigenvalue weighted by Gasteiger charge is 2.39. The van der Waals surface area contributed by atoms with Crippen molar-refractivity contribution in [2.45, 2.75) is 38.7 Å². The van der Waals surface area contributed by atoms with Gasteiger partial charge in [0.15, 0.2) is 5.41 Å². The Morgan fingerprint density at radius 3 is 2.12 bits per heavy atom. The normalized spacial score (nSPS) is 14.5. The van der Waals surface area contributed by atoms with E-state index < -0.39 is 17.0 Å². The molecule has 0 aliphatic carbocycles. The smallest absolute Gasteiger partial charge is 0.331 e. The van der Waals surface area contributed by atoms with Crippen LogP contribution in [0.3, 0.4) is 0 Å². The Morgan fingerprint density at radius 2 is 1.71 bits per heavy atom. The fraction of sp³-hybridized carbons (Fsp3) is 0.429. The Hall–Kier alpha value is -1.82. The highest BCUT2D eigenvalue weighted by Crippen LogP contribution is 2.26. The van der Waals surface area contributed by atoms with Gasteiger partial charge in [-0.1, -0.05) is 30.3 Å². The van der Waals surface area contributed by atoms with Gasteiger partial charge in [0.05, 0.1) is 6.07 Å². The molecule has 1 aromatic rings. The zero-order chi connectivity index (χ0) is 13.1. The average Bonchev–Trinajstić information content (AvgIpc) is 2.27. The van der Waals surface area contributed by atoms with Crippen LogP contribution in [0.2, 0.25) is 0 Å². The number of esters is 1. The van der Waals surface area contributed by atoms with E-state index in [-0.39, 0.29) is 0 Å². The van der Waals surface area contributed by atoms with Gasteiger partial charge in [-0.05, 0) is 33.3 Å². The molecule has 1 aromatic carbocycles. The van der Waals surface area contributed by atoms with Crippen molar-refractivity contribution >= 4 is 5.97 Å². The van der Waals surface area contributed by atoms with Crippen LogP contribution in [0.15, 0.2) is 30.3 Å². The summed E-state index contributed by atoms with van der Waals surface area (Å²) in [7, 11) is 0. The molecule has 0 radical (unpaired) electrons. The standard InChI is InChI=1S/C14H17NO2/c1-13(2,3)17-12(16)14(4,10-15)11-8-6-5-7-9-11/h5-9H,1-4H3. The summed E-state index contributed by atoms with van der Waals surface area (Å²) >= 11 is 0. The van der Waals surface area contributed by atoms with Gasteiger partial charge in [-0.3, -0.25) is 0 Å². The Morgan fingerprint density at radius 1 is 1.18 bits per heavy atom. The van der Waals surface area contributed by atoms with E-state index in [9.17, 15) is 10.1 Å². The molecule has 0 heterocycles. The lowest BCUT2D eigenvalue weighted by atomic mass is 9.84. The molecule has 17 heavy (non-hydrogen) atoms. The Balaban J connectivity index is 3.07. The zero-order valence-corrected chi connectivity index (χ0v) is 10.7. The zero-order valence-electron chi connectivity index (χ0n) is 10.7. The van der Waals surface area contributed by atoms with Gasteiger partial charge in [0.1, 0.15) is 5.60 Å². The van der Waals surface area contributed by atoms with Gasteiger partial charge in [-0.2, -0.15) is 5.26 Å². The maximum atomic E-state index is 12.1. The van der Waals surface area contributed by atoms with Crippen molar-refractivity contribution in [3.8, 4) is 6.07 Å². The molecule has 0 aliphatic rings. The average molecular weight is 231 g/mol. The molecule has 0 amide bonds. The van der Waals surface area contributed by atoms with Crippen LogP contribution in [-0.2, 0) is 14.9 Å². The highest BCUT2D eigenvalue weighted by molar-refractivity contribution is 5.86. The maximum Gasteiger partial charge on any atom is 0.331 e. The summed E-state index contributed by atoms with van der Waals surface area (Å²) in [5.74, 6) is -0.515. The molecule has 0 saturated heterocycles. The second-order valence-corrected chi connectivity index (χ2v) is 5.10. The number of carbonyl (C=O) groups excluding carboxylic acids is 1. The summed E-state index contributed by atoms with van der Waals surface area (Å²) in [6.45, 7) is 6.94. The first kappa shape index (κ1) is 13.2. The minimum Gasteiger partial charge on any atom is -0.459 e. The maximum absolute atomic E-state index is 12.1. The van der Waals surface area contributed by atoms with Crippen molar-refractivity contribution in [3.05, 3.63) is 35.9 Å². The first-order valence-electron chi connectivity index (χ1n) is 5.50. The summed E-state index contributed by atoms with van der Waals surface area (Å²) in [6.07, 6.45) is 0. The number of nitrogens with zero attached hydrogens (tertiary/aromatic N) is 1. The predicted molar refractivity (Wildman–Crippen MR) is 65.3 cm³/mol. The van der Waals surface area contributed by atoms with Crippen LogP contribution in [-0.4, -0.2) is 11.6 Å². The van der Waals surface area contributed by atoms with Crippen molar-refractivity contribution in [2.75, 3.05) is 0 Å².